The van der Waals surface area contributed by atoms with Crippen molar-refractivity contribution in [3.63, 3.8) is 0 Å². The van der Waals surface area contributed by atoms with Crippen LogP contribution in [0.4, 0.5) is 4.39 Å². The molecule has 18 heavy (non-hydrogen) atoms. The molecule has 1 heterocycles. The van der Waals surface area contributed by atoms with Crippen LogP contribution >= 0.6 is 0 Å². The molecule has 0 aliphatic rings. The van der Waals surface area contributed by atoms with Crippen molar-refractivity contribution < 1.29 is 8.81 Å². The smallest absolute Gasteiger partial charge is 0.250 e. The van der Waals surface area contributed by atoms with Crippen molar-refractivity contribution in [2.75, 3.05) is 13.6 Å². The fraction of sp³-hybridized carbons (Fsp3) is 0.385. The molecule has 1 aromatic carbocycles. The third-order valence-electron chi connectivity index (χ3n) is 2.64. The molecule has 5 heteroatoms. The minimum absolute atomic E-state index is 0.246. The highest BCUT2D eigenvalue weighted by Gasteiger charge is 2.12. The highest BCUT2D eigenvalue weighted by Crippen LogP contribution is 2.22. The summed E-state index contributed by atoms with van der Waals surface area (Å²) in [6.45, 7) is 2.78. The Bertz CT molecular complexity index is 525. The Balaban J connectivity index is 2.16. The van der Waals surface area contributed by atoms with Gasteiger partial charge in [-0.2, -0.15) is 0 Å². The summed E-state index contributed by atoms with van der Waals surface area (Å²) in [4.78, 5) is 0. The summed E-state index contributed by atoms with van der Waals surface area (Å²) in [5.74, 6) is 0.447. The van der Waals surface area contributed by atoms with Gasteiger partial charge in [0.05, 0.1) is 5.56 Å². The Kier molecular flexibility index (Phi) is 4.04. The molecule has 0 amide bonds. The molecule has 0 radical (unpaired) electrons. The average molecular weight is 249 g/mol. The Morgan fingerprint density at radius 1 is 1.33 bits per heavy atom. The van der Waals surface area contributed by atoms with E-state index < -0.39 is 0 Å². The van der Waals surface area contributed by atoms with Crippen molar-refractivity contribution in [2.24, 2.45) is 0 Å². The summed E-state index contributed by atoms with van der Waals surface area (Å²) in [7, 11) is 1.89. The van der Waals surface area contributed by atoms with Crippen LogP contribution in [-0.4, -0.2) is 23.8 Å². The van der Waals surface area contributed by atoms with Crippen LogP contribution in [0.1, 0.15) is 17.9 Å². The number of nitrogens with one attached hydrogen (secondary N) is 1. The summed E-state index contributed by atoms with van der Waals surface area (Å²) in [5.41, 5.74) is 1.32. The van der Waals surface area contributed by atoms with Crippen molar-refractivity contribution in [1.29, 1.82) is 0 Å². The van der Waals surface area contributed by atoms with Gasteiger partial charge in [0.1, 0.15) is 5.82 Å². The van der Waals surface area contributed by atoms with Gasteiger partial charge in [0.2, 0.25) is 5.89 Å². The Morgan fingerprint density at radius 2 is 2.17 bits per heavy atom. The molecule has 0 unspecified atom stereocenters. The summed E-state index contributed by atoms with van der Waals surface area (Å²) in [6, 6.07) is 4.83. The largest absolute Gasteiger partial charge is 0.421 e. The van der Waals surface area contributed by atoms with Gasteiger partial charge in [-0.05, 0) is 39.1 Å². The topological polar surface area (TPSA) is 51.0 Å². The molecule has 0 aliphatic heterocycles. The highest BCUT2D eigenvalue weighted by atomic mass is 19.1. The molecule has 2 rings (SSSR count). The molecule has 0 bridgehead atoms. The quantitative estimate of drug-likeness (QED) is 0.826. The summed E-state index contributed by atoms with van der Waals surface area (Å²) < 4.78 is 19.1. The minimum atomic E-state index is -0.342. The van der Waals surface area contributed by atoms with Gasteiger partial charge < -0.3 is 9.73 Å². The number of aromatic nitrogens is 2. The number of rotatable bonds is 5. The van der Waals surface area contributed by atoms with Gasteiger partial charge in [0.25, 0.3) is 5.89 Å². The molecule has 0 saturated carbocycles. The van der Waals surface area contributed by atoms with Crippen LogP contribution in [0.15, 0.2) is 22.6 Å². The first-order chi connectivity index (χ1) is 8.70. The molecule has 0 atom stereocenters. The lowest BCUT2D eigenvalue weighted by atomic mass is 10.1. The number of hydrogen-bond donors (Lipinski definition) is 1. The summed E-state index contributed by atoms with van der Waals surface area (Å²) in [6.07, 6.45) is 1.61. The van der Waals surface area contributed by atoms with Crippen LogP contribution in [0.3, 0.4) is 0 Å². The number of aryl methyl sites for hydroxylation is 2. The maximum absolute atomic E-state index is 13.6. The Hall–Kier alpha value is -1.75. The maximum Gasteiger partial charge on any atom is 0.250 e. The van der Waals surface area contributed by atoms with E-state index in [0.717, 1.165) is 18.5 Å². The Labute approximate surface area is 105 Å². The van der Waals surface area contributed by atoms with Crippen LogP contribution in [0.5, 0.6) is 0 Å². The molecule has 4 nitrogen and oxygen atoms in total. The zero-order valence-corrected chi connectivity index (χ0v) is 10.5. The van der Waals surface area contributed by atoms with E-state index >= 15 is 0 Å². The number of nitrogens with zero attached hydrogens (tertiary/aromatic N) is 2. The van der Waals surface area contributed by atoms with E-state index in [2.05, 4.69) is 15.5 Å². The number of benzene rings is 1. The zero-order chi connectivity index (χ0) is 13.0. The molecule has 1 N–H and O–H groups in total. The third kappa shape index (κ3) is 2.92. The molecule has 96 valence electrons. The van der Waals surface area contributed by atoms with E-state index in [1.807, 2.05) is 14.0 Å². The lowest BCUT2D eigenvalue weighted by molar-refractivity contribution is 0.491. The fourth-order valence-corrected chi connectivity index (χ4v) is 1.68. The first-order valence-corrected chi connectivity index (χ1v) is 5.94. The molecule has 0 fully saturated rings. The van der Waals surface area contributed by atoms with Crippen molar-refractivity contribution >= 4 is 0 Å². The second kappa shape index (κ2) is 5.73. The van der Waals surface area contributed by atoms with E-state index in [4.69, 9.17) is 4.42 Å². The van der Waals surface area contributed by atoms with E-state index in [-0.39, 0.29) is 11.7 Å². The first kappa shape index (κ1) is 12.7. The van der Waals surface area contributed by atoms with Gasteiger partial charge in [-0.3, -0.25) is 0 Å². The van der Waals surface area contributed by atoms with Crippen LogP contribution in [0.2, 0.25) is 0 Å². The van der Waals surface area contributed by atoms with Crippen molar-refractivity contribution in [3.05, 3.63) is 35.5 Å². The SMILES string of the molecule is CNCCCc1nnc(-c2cc(C)ccc2F)o1. The molecule has 2 aromatic rings. The van der Waals surface area contributed by atoms with Crippen LogP contribution in [-0.2, 0) is 6.42 Å². The van der Waals surface area contributed by atoms with E-state index in [9.17, 15) is 4.39 Å². The van der Waals surface area contributed by atoms with Gasteiger partial charge in [0, 0.05) is 6.42 Å². The fourth-order valence-electron chi connectivity index (χ4n) is 1.68. The summed E-state index contributed by atoms with van der Waals surface area (Å²) in [5, 5.41) is 10.9. The average Bonchev–Trinajstić information content (AvgIpc) is 2.81. The Morgan fingerprint density at radius 3 is 2.94 bits per heavy atom. The monoisotopic (exact) mass is 249 g/mol. The zero-order valence-electron chi connectivity index (χ0n) is 10.5. The predicted molar refractivity (Wildman–Crippen MR) is 66.7 cm³/mol. The molecular formula is C13H16FN3O. The summed E-state index contributed by atoms with van der Waals surface area (Å²) >= 11 is 0. The minimum Gasteiger partial charge on any atom is -0.421 e. The van der Waals surface area contributed by atoms with Crippen LogP contribution < -0.4 is 5.32 Å². The van der Waals surface area contributed by atoms with Gasteiger partial charge >= 0.3 is 0 Å². The molecule has 0 aliphatic carbocycles. The van der Waals surface area contributed by atoms with Gasteiger partial charge in [-0.15, -0.1) is 10.2 Å². The lowest BCUT2D eigenvalue weighted by Gasteiger charge is -1.99. The third-order valence-corrected chi connectivity index (χ3v) is 2.64. The lowest BCUT2D eigenvalue weighted by Crippen LogP contribution is -2.08. The van der Waals surface area contributed by atoms with Crippen molar-refractivity contribution in [1.82, 2.24) is 15.5 Å². The molecule has 0 saturated heterocycles. The maximum atomic E-state index is 13.6. The van der Waals surface area contributed by atoms with Crippen LogP contribution in [0.25, 0.3) is 11.5 Å². The predicted octanol–water partition coefficient (Wildman–Crippen LogP) is 2.34. The number of hydrogen-bond acceptors (Lipinski definition) is 4. The van der Waals surface area contributed by atoms with Gasteiger partial charge in [0.15, 0.2) is 0 Å². The van der Waals surface area contributed by atoms with E-state index in [1.165, 1.54) is 6.07 Å². The van der Waals surface area contributed by atoms with Crippen molar-refractivity contribution in [3.8, 4) is 11.5 Å². The standard InChI is InChI=1S/C13H16FN3O/c1-9-5-6-11(14)10(8-9)13-17-16-12(18-13)4-3-7-15-2/h5-6,8,15H,3-4,7H2,1-2H3. The molecule has 0 spiro atoms. The normalized spacial score (nSPS) is 10.8. The highest BCUT2D eigenvalue weighted by molar-refractivity contribution is 5.54. The van der Waals surface area contributed by atoms with E-state index in [1.54, 1.807) is 12.1 Å². The van der Waals surface area contributed by atoms with Crippen molar-refractivity contribution in [2.45, 2.75) is 19.8 Å². The van der Waals surface area contributed by atoms with Gasteiger partial charge in [-0.25, -0.2) is 4.39 Å². The van der Waals surface area contributed by atoms with Crippen LogP contribution in [0, 0.1) is 12.7 Å². The first-order valence-electron chi connectivity index (χ1n) is 5.94. The second-order valence-electron chi connectivity index (χ2n) is 4.19. The van der Waals surface area contributed by atoms with Gasteiger partial charge in [-0.1, -0.05) is 11.6 Å². The second-order valence-corrected chi connectivity index (χ2v) is 4.19. The molecule has 1 aromatic heterocycles. The number of halogens is 1. The molecular weight excluding hydrogens is 233 g/mol. The van der Waals surface area contributed by atoms with E-state index in [0.29, 0.717) is 17.9 Å².